The number of nitrogens with two attached hydrogens (primary N) is 1. The molecular formula is C14H17N3O2S2. The van der Waals surface area contributed by atoms with Crippen LogP contribution in [-0.2, 0) is 13.0 Å². The lowest BCUT2D eigenvalue weighted by molar-refractivity contribution is 0.415. The molecule has 3 aromatic rings. The van der Waals surface area contributed by atoms with E-state index >= 15 is 0 Å². The van der Waals surface area contributed by atoms with Crippen molar-refractivity contribution in [3.05, 3.63) is 29.0 Å². The highest BCUT2D eigenvalue weighted by molar-refractivity contribution is 7.25. The van der Waals surface area contributed by atoms with Gasteiger partial charge in [0.1, 0.15) is 16.3 Å². The van der Waals surface area contributed by atoms with E-state index < -0.39 is 0 Å². The van der Waals surface area contributed by atoms with Crippen molar-refractivity contribution in [3.63, 3.8) is 0 Å². The molecule has 0 aliphatic heterocycles. The smallest absolute Gasteiger partial charge is 0.160 e. The van der Waals surface area contributed by atoms with Crippen molar-refractivity contribution in [1.82, 2.24) is 4.37 Å². The van der Waals surface area contributed by atoms with Crippen molar-refractivity contribution < 1.29 is 9.15 Å². The molecule has 0 saturated carbocycles. The molecule has 0 spiro atoms. The number of hydrogen-bond donors (Lipinski definition) is 2. The normalized spacial score (nSPS) is 12.7. The van der Waals surface area contributed by atoms with Gasteiger partial charge in [0, 0.05) is 12.5 Å². The Morgan fingerprint density at radius 2 is 2.38 bits per heavy atom. The van der Waals surface area contributed by atoms with E-state index in [1.807, 2.05) is 19.1 Å². The molecule has 0 aromatic carbocycles. The Bertz CT molecular complexity index is 716. The van der Waals surface area contributed by atoms with Crippen LogP contribution in [0.25, 0.3) is 10.2 Å². The summed E-state index contributed by atoms with van der Waals surface area (Å²) in [6.45, 7) is 2.64. The van der Waals surface area contributed by atoms with E-state index in [1.165, 1.54) is 11.5 Å². The van der Waals surface area contributed by atoms with Gasteiger partial charge in [-0.3, -0.25) is 0 Å². The Balaban J connectivity index is 1.88. The number of aromatic nitrogens is 1. The zero-order valence-electron chi connectivity index (χ0n) is 11.9. The van der Waals surface area contributed by atoms with Crippen molar-refractivity contribution >= 4 is 38.1 Å². The first-order valence-electron chi connectivity index (χ1n) is 6.66. The van der Waals surface area contributed by atoms with Crippen LogP contribution in [0.3, 0.4) is 0 Å². The van der Waals surface area contributed by atoms with Crippen LogP contribution >= 0.6 is 22.9 Å². The Morgan fingerprint density at radius 1 is 1.52 bits per heavy atom. The number of nitrogens with zero attached hydrogens (tertiary/aromatic N) is 1. The molecule has 0 amide bonds. The highest BCUT2D eigenvalue weighted by atomic mass is 32.1. The molecule has 0 aliphatic carbocycles. The molecule has 3 aromatic heterocycles. The Kier molecular flexibility index (Phi) is 4.14. The Labute approximate surface area is 130 Å². The van der Waals surface area contributed by atoms with E-state index in [0.717, 1.165) is 38.0 Å². The molecule has 3 heterocycles. The zero-order chi connectivity index (χ0) is 14.8. The molecule has 112 valence electrons. The summed E-state index contributed by atoms with van der Waals surface area (Å²) in [4.78, 5) is 1.15. The molecule has 0 fully saturated rings. The van der Waals surface area contributed by atoms with Crippen LogP contribution in [0.15, 0.2) is 22.8 Å². The molecule has 0 saturated heterocycles. The molecule has 3 N–H and O–H groups in total. The second-order valence-corrected chi connectivity index (χ2v) is 6.74. The van der Waals surface area contributed by atoms with E-state index in [2.05, 4.69) is 9.69 Å². The number of nitrogens with one attached hydrogen (secondary N) is 1. The fourth-order valence-electron chi connectivity index (χ4n) is 2.15. The largest absolute Gasteiger partial charge is 0.493 e. The number of anilines is 1. The highest BCUT2D eigenvalue weighted by Crippen LogP contribution is 2.43. The third kappa shape index (κ3) is 2.90. The van der Waals surface area contributed by atoms with Crippen LogP contribution < -0.4 is 15.8 Å². The highest BCUT2D eigenvalue weighted by Gasteiger charge is 2.19. The fourth-order valence-corrected chi connectivity index (χ4v) is 4.39. The monoisotopic (exact) mass is 323 g/mol. The lowest BCUT2D eigenvalue weighted by Gasteiger charge is -2.04. The first-order valence-corrected chi connectivity index (χ1v) is 8.25. The van der Waals surface area contributed by atoms with Gasteiger partial charge in [-0.05, 0) is 30.6 Å². The molecule has 5 nitrogen and oxygen atoms in total. The van der Waals surface area contributed by atoms with Crippen molar-refractivity contribution in [2.45, 2.75) is 25.9 Å². The van der Waals surface area contributed by atoms with Gasteiger partial charge >= 0.3 is 0 Å². The summed E-state index contributed by atoms with van der Waals surface area (Å²) in [5.41, 5.74) is 6.83. The molecule has 0 aliphatic rings. The first-order chi connectivity index (χ1) is 10.2. The maximum absolute atomic E-state index is 5.90. The number of thiophene rings is 1. The van der Waals surface area contributed by atoms with Crippen LogP contribution in [0.1, 0.15) is 17.6 Å². The van der Waals surface area contributed by atoms with Crippen molar-refractivity contribution in [2.24, 2.45) is 5.73 Å². The summed E-state index contributed by atoms with van der Waals surface area (Å²) < 4.78 is 16.5. The SMILES string of the molecule is COc1c(C[C@H](C)N)sc2c(NCc3ccco3)snc12. The van der Waals surface area contributed by atoms with Gasteiger partial charge in [0.2, 0.25) is 0 Å². The maximum atomic E-state index is 5.90. The summed E-state index contributed by atoms with van der Waals surface area (Å²) in [6, 6.07) is 3.93. The number of hydrogen-bond acceptors (Lipinski definition) is 7. The first kappa shape index (κ1) is 14.4. The summed E-state index contributed by atoms with van der Waals surface area (Å²) in [6.07, 6.45) is 2.47. The van der Waals surface area contributed by atoms with Gasteiger partial charge < -0.3 is 20.2 Å². The van der Waals surface area contributed by atoms with Crippen LogP contribution in [0, 0.1) is 0 Å². The van der Waals surface area contributed by atoms with Crippen molar-refractivity contribution in [1.29, 1.82) is 0 Å². The number of rotatable bonds is 6. The molecule has 1 atom stereocenters. The predicted octanol–water partition coefficient (Wildman–Crippen LogP) is 3.46. The summed E-state index contributed by atoms with van der Waals surface area (Å²) in [5.74, 6) is 1.76. The molecule has 7 heteroatoms. The predicted molar refractivity (Wildman–Crippen MR) is 87.4 cm³/mol. The lowest BCUT2D eigenvalue weighted by atomic mass is 10.2. The Hall–Kier alpha value is -1.57. The number of fused-ring (bicyclic) bond motifs is 1. The van der Waals surface area contributed by atoms with E-state index in [0.29, 0.717) is 6.54 Å². The van der Waals surface area contributed by atoms with Crippen LogP contribution in [0.2, 0.25) is 0 Å². The number of ether oxygens (including phenoxy) is 1. The number of methoxy groups -OCH3 is 1. The zero-order valence-corrected chi connectivity index (χ0v) is 13.5. The quantitative estimate of drug-likeness (QED) is 0.727. The van der Waals surface area contributed by atoms with Crippen molar-refractivity contribution in [3.8, 4) is 5.75 Å². The van der Waals surface area contributed by atoms with Crippen molar-refractivity contribution in [2.75, 3.05) is 12.4 Å². The molecule has 21 heavy (non-hydrogen) atoms. The van der Waals surface area contributed by atoms with Crippen LogP contribution in [-0.4, -0.2) is 17.5 Å². The minimum absolute atomic E-state index is 0.102. The maximum Gasteiger partial charge on any atom is 0.160 e. The van der Waals surface area contributed by atoms with Crippen LogP contribution in [0.4, 0.5) is 5.00 Å². The van der Waals surface area contributed by atoms with E-state index in [1.54, 1.807) is 24.7 Å². The average molecular weight is 323 g/mol. The Morgan fingerprint density at radius 3 is 3.05 bits per heavy atom. The van der Waals surface area contributed by atoms with Gasteiger partial charge in [0.25, 0.3) is 0 Å². The average Bonchev–Trinajstić information content (AvgIpc) is 3.12. The van der Waals surface area contributed by atoms with E-state index in [4.69, 9.17) is 14.9 Å². The van der Waals surface area contributed by atoms with E-state index in [9.17, 15) is 0 Å². The molecule has 3 rings (SSSR count). The summed E-state index contributed by atoms with van der Waals surface area (Å²) in [5, 5.41) is 4.42. The fraction of sp³-hybridized carbons (Fsp3) is 0.357. The standard InChI is InChI=1S/C14H17N3O2S2/c1-8(15)6-10-12(18-2)11-13(20-10)14(21-17-11)16-7-9-4-3-5-19-9/h3-5,8,16H,6-7,15H2,1-2H3/t8-/m0/s1. The third-order valence-electron chi connectivity index (χ3n) is 3.06. The van der Waals surface area contributed by atoms with Gasteiger partial charge in [-0.15, -0.1) is 11.3 Å². The van der Waals surface area contributed by atoms with Gasteiger partial charge in [-0.1, -0.05) is 0 Å². The molecule has 0 unspecified atom stereocenters. The minimum atomic E-state index is 0.102. The molecule has 0 bridgehead atoms. The summed E-state index contributed by atoms with van der Waals surface area (Å²) in [7, 11) is 1.68. The van der Waals surface area contributed by atoms with Gasteiger partial charge in [-0.2, -0.15) is 4.37 Å². The lowest BCUT2D eigenvalue weighted by Crippen LogP contribution is -2.17. The van der Waals surface area contributed by atoms with Crippen LogP contribution in [0.5, 0.6) is 5.75 Å². The minimum Gasteiger partial charge on any atom is -0.493 e. The molecule has 0 radical (unpaired) electrons. The molecular weight excluding hydrogens is 306 g/mol. The topological polar surface area (TPSA) is 73.3 Å². The van der Waals surface area contributed by atoms with E-state index in [-0.39, 0.29) is 6.04 Å². The summed E-state index contributed by atoms with van der Waals surface area (Å²) >= 11 is 3.14. The van der Waals surface area contributed by atoms with Gasteiger partial charge in [0.15, 0.2) is 5.75 Å². The van der Waals surface area contributed by atoms with Gasteiger partial charge in [-0.25, -0.2) is 0 Å². The van der Waals surface area contributed by atoms with Gasteiger partial charge in [0.05, 0.1) is 29.5 Å². The number of furan rings is 1. The third-order valence-corrected chi connectivity index (χ3v) is 5.19. The second kappa shape index (κ2) is 6.05. The second-order valence-electron chi connectivity index (χ2n) is 4.86.